The lowest BCUT2D eigenvalue weighted by Crippen LogP contribution is -2.34. The van der Waals surface area contributed by atoms with Crippen LogP contribution < -0.4 is 4.90 Å². The lowest BCUT2D eigenvalue weighted by Gasteiger charge is -2.27. The normalized spacial score (nSPS) is 18.4. The second-order valence-corrected chi connectivity index (χ2v) is 5.73. The summed E-state index contributed by atoms with van der Waals surface area (Å²) in [6.45, 7) is 8.24. The summed E-state index contributed by atoms with van der Waals surface area (Å²) in [6, 6.07) is 2.64. The summed E-state index contributed by atoms with van der Waals surface area (Å²) in [5.41, 5.74) is 1.13. The van der Waals surface area contributed by atoms with Crippen molar-refractivity contribution < 1.29 is 0 Å². The third kappa shape index (κ3) is 2.91. The van der Waals surface area contributed by atoms with Crippen LogP contribution in [0.25, 0.3) is 0 Å². The number of nitrogens with zero attached hydrogens (tertiary/aromatic N) is 5. The smallest absolute Gasteiger partial charge is 0.132 e. The average molecular weight is 285 g/mol. The van der Waals surface area contributed by atoms with E-state index in [1.807, 2.05) is 13.1 Å². The molecule has 1 unspecified atom stereocenters. The molecule has 1 atom stereocenters. The molecule has 3 heterocycles. The van der Waals surface area contributed by atoms with Gasteiger partial charge in [-0.25, -0.2) is 15.0 Å². The predicted octanol–water partition coefficient (Wildman–Crippen LogP) is 2.52. The largest absolute Gasteiger partial charge is 0.352 e. The van der Waals surface area contributed by atoms with E-state index in [-0.39, 0.29) is 0 Å². The minimum absolute atomic E-state index is 0.497. The lowest BCUT2D eigenvalue weighted by atomic mass is 10.2. The second-order valence-electron chi connectivity index (χ2n) is 5.73. The van der Waals surface area contributed by atoms with Gasteiger partial charge in [-0.05, 0) is 33.1 Å². The van der Waals surface area contributed by atoms with Crippen molar-refractivity contribution >= 4 is 5.82 Å². The van der Waals surface area contributed by atoms with Gasteiger partial charge < -0.3 is 9.47 Å². The number of aryl methyl sites for hydroxylation is 3. The molecule has 1 fully saturated rings. The summed E-state index contributed by atoms with van der Waals surface area (Å²) in [7, 11) is 0. The monoisotopic (exact) mass is 285 g/mol. The maximum Gasteiger partial charge on any atom is 0.132 e. The van der Waals surface area contributed by atoms with Crippen LogP contribution in [-0.4, -0.2) is 32.1 Å². The molecular weight excluding hydrogens is 262 g/mol. The SMILES string of the molecule is CCc1cc(N2CCCC2Cn2ccnc2C)nc(C)n1. The van der Waals surface area contributed by atoms with Crippen LogP contribution in [0.4, 0.5) is 5.82 Å². The quantitative estimate of drug-likeness (QED) is 0.866. The van der Waals surface area contributed by atoms with E-state index in [1.54, 1.807) is 0 Å². The van der Waals surface area contributed by atoms with Crippen molar-refractivity contribution in [3.05, 3.63) is 35.8 Å². The van der Waals surface area contributed by atoms with Crippen molar-refractivity contribution in [1.29, 1.82) is 0 Å². The summed E-state index contributed by atoms with van der Waals surface area (Å²) >= 11 is 0. The van der Waals surface area contributed by atoms with Crippen molar-refractivity contribution in [2.45, 2.75) is 52.6 Å². The molecule has 5 nitrogen and oxygen atoms in total. The van der Waals surface area contributed by atoms with Gasteiger partial charge in [0.1, 0.15) is 17.5 Å². The molecule has 0 bridgehead atoms. The third-order valence-electron chi connectivity index (χ3n) is 4.24. The van der Waals surface area contributed by atoms with E-state index in [0.29, 0.717) is 6.04 Å². The minimum Gasteiger partial charge on any atom is -0.352 e. The first-order valence-electron chi connectivity index (χ1n) is 7.76. The molecule has 0 amide bonds. The number of imidazole rings is 1. The Hall–Kier alpha value is -1.91. The fourth-order valence-electron chi connectivity index (χ4n) is 3.09. The first-order chi connectivity index (χ1) is 10.2. The van der Waals surface area contributed by atoms with Crippen LogP contribution in [0.3, 0.4) is 0 Å². The Morgan fingerprint density at radius 2 is 2.14 bits per heavy atom. The molecule has 3 rings (SSSR count). The Balaban J connectivity index is 1.83. The maximum absolute atomic E-state index is 4.66. The van der Waals surface area contributed by atoms with Gasteiger partial charge in [0.05, 0.1) is 0 Å². The molecule has 0 N–H and O–H groups in total. The molecule has 21 heavy (non-hydrogen) atoms. The van der Waals surface area contributed by atoms with Crippen LogP contribution in [-0.2, 0) is 13.0 Å². The third-order valence-corrected chi connectivity index (χ3v) is 4.24. The van der Waals surface area contributed by atoms with Gasteiger partial charge in [-0.15, -0.1) is 0 Å². The standard InChI is InChI=1S/C16H23N5/c1-4-14-10-16(19-12(2)18-14)21-8-5-6-15(21)11-20-9-7-17-13(20)3/h7,9-10,15H,4-6,8,11H2,1-3H3. The second kappa shape index (κ2) is 5.84. The van der Waals surface area contributed by atoms with Crippen LogP contribution in [0.1, 0.15) is 37.1 Å². The average Bonchev–Trinajstić information content (AvgIpc) is 3.08. The fourth-order valence-corrected chi connectivity index (χ4v) is 3.09. The lowest BCUT2D eigenvalue weighted by molar-refractivity contribution is 0.537. The molecule has 112 valence electrons. The molecule has 5 heteroatoms. The number of rotatable bonds is 4. The Bertz CT molecular complexity index is 619. The number of anilines is 1. The predicted molar refractivity (Wildman–Crippen MR) is 83.5 cm³/mol. The summed E-state index contributed by atoms with van der Waals surface area (Å²) in [4.78, 5) is 15.9. The zero-order chi connectivity index (χ0) is 14.8. The molecule has 0 saturated carbocycles. The highest BCUT2D eigenvalue weighted by atomic mass is 15.3. The first-order valence-corrected chi connectivity index (χ1v) is 7.76. The summed E-state index contributed by atoms with van der Waals surface area (Å²) in [5.74, 6) is 3.03. The van der Waals surface area contributed by atoms with Crippen molar-refractivity contribution in [3.63, 3.8) is 0 Å². The molecule has 1 aliphatic heterocycles. The molecule has 1 saturated heterocycles. The Labute approximate surface area is 126 Å². The first kappa shape index (κ1) is 14.0. The topological polar surface area (TPSA) is 46.8 Å². The van der Waals surface area contributed by atoms with Crippen LogP contribution in [0, 0.1) is 13.8 Å². The zero-order valence-corrected chi connectivity index (χ0v) is 13.1. The van der Waals surface area contributed by atoms with Gasteiger partial charge in [-0.1, -0.05) is 6.92 Å². The van der Waals surface area contributed by atoms with Gasteiger partial charge in [0.25, 0.3) is 0 Å². The van der Waals surface area contributed by atoms with Crippen LogP contribution in [0.5, 0.6) is 0 Å². The van der Waals surface area contributed by atoms with Gasteiger partial charge in [0.15, 0.2) is 0 Å². The van der Waals surface area contributed by atoms with Crippen molar-refractivity contribution in [1.82, 2.24) is 19.5 Å². The van der Waals surface area contributed by atoms with Crippen molar-refractivity contribution in [3.8, 4) is 0 Å². The van der Waals surface area contributed by atoms with Crippen molar-refractivity contribution in [2.75, 3.05) is 11.4 Å². The molecule has 1 aliphatic rings. The van der Waals surface area contributed by atoms with Crippen LogP contribution in [0.2, 0.25) is 0 Å². The van der Waals surface area contributed by atoms with E-state index in [4.69, 9.17) is 0 Å². The number of hydrogen-bond acceptors (Lipinski definition) is 4. The maximum atomic E-state index is 4.66. The molecule has 0 aromatic carbocycles. The van der Waals surface area contributed by atoms with Crippen LogP contribution in [0.15, 0.2) is 18.5 Å². The highest BCUT2D eigenvalue weighted by molar-refractivity contribution is 5.42. The van der Waals surface area contributed by atoms with E-state index in [0.717, 1.165) is 42.7 Å². The Morgan fingerprint density at radius 3 is 2.86 bits per heavy atom. The molecule has 2 aromatic heterocycles. The summed E-state index contributed by atoms with van der Waals surface area (Å²) in [6.07, 6.45) is 7.33. The fraction of sp³-hybridized carbons (Fsp3) is 0.562. The zero-order valence-electron chi connectivity index (χ0n) is 13.1. The van der Waals surface area contributed by atoms with Crippen LogP contribution >= 0.6 is 0 Å². The molecular formula is C16H23N5. The summed E-state index contributed by atoms with van der Waals surface area (Å²) in [5, 5.41) is 0. The highest BCUT2D eigenvalue weighted by Crippen LogP contribution is 2.26. The highest BCUT2D eigenvalue weighted by Gasteiger charge is 2.26. The van der Waals surface area contributed by atoms with Gasteiger partial charge in [-0.2, -0.15) is 0 Å². The number of hydrogen-bond donors (Lipinski definition) is 0. The Kier molecular flexibility index (Phi) is 3.90. The van der Waals surface area contributed by atoms with Gasteiger partial charge >= 0.3 is 0 Å². The number of aromatic nitrogens is 4. The summed E-state index contributed by atoms with van der Waals surface area (Å²) < 4.78 is 2.23. The minimum atomic E-state index is 0.497. The van der Waals surface area contributed by atoms with E-state index in [9.17, 15) is 0 Å². The van der Waals surface area contributed by atoms with Gasteiger partial charge in [-0.3, -0.25) is 0 Å². The van der Waals surface area contributed by atoms with Crippen molar-refractivity contribution in [2.24, 2.45) is 0 Å². The molecule has 2 aromatic rings. The van der Waals surface area contributed by atoms with E-state index < -0.39 is 0 Å². The van der Waals surface area contributed by atoms with Gasteiger partial charge in [0, 0.05) is 43.3 Å². The van der Waals surface area contributed by atoms with E-state index in [1.165, 1.54) is 12.8 Å². The Morgan fingerprint density at radius 1 is 1.29 bits per heavy atom. The van der Waals surface area contributed by atoms with E-state index in [2.05, 4.69) is 50.5 Å². The van der Waals surface area contributed by atoms with Gasteiger partial charge in [0.2, 0.25) is 0 Å². The molecule has 0 radical (unpaired) electrons. The molecule has 0 aliphatic carbocycles. The molecule has 0 spiro atoms. The van der Waals surface area contributed by atoms with E-state index >= 15 is 0 Å².